The van der Waals surface area contributed by atoms with E-state index >= 15 is 0 Å². The first-order valence-electron chi connectivity index (χ1n) is 4.03. The third kappa shape index (κ3) is 4.61. The van der Waals surface area contributed by atoms with Gasteiger partial charge in [-0.25, -0.2) is 8.42 Å². The molecule has 0 heterocycles. The lowest BCUT2D eigenvalue weighted by atomic mass is 10.3. The smallest absolute Gasteiger partial charge is 0.422 e. The number of benzene rings is 1. The molecule has 0 aliphatic heterocycles. The quantitative estimate of drug-likeness (QED) is 0.805. The fourth-order valence-corrected chi connectivity index (χ4v) is 2.18. The van der Waals surface area contributed by atoms with Crippen LogP contribution in [-0.2, 0) is 9.05 Å². The van der Waals surface area contributed by atoms with Gasteiger partial charge in [0.25, 0.3) is 9.05 Å². The zero-order chi connectivity index (χ0) is 13.3. The van der Waals surface area contributed by atoms with Gasteiger partial charge in [-0.3, -0.25) is 0 Å². The molecule has 3 nitrogen and oxygen atoms in total. The van der Waals surface area contributed by atoms with Crippen LogP contribution in [0.4, 0.5) is 13.2 Å². The molecule has 0 N–H and O–H groups in total. The Morgan fingerprint density at radius 2 is 1.88 bits per heavy atom. The second-order valence-electron chi connectivity index (χ2n) is 2.93. The summed E-state index contributed by atoms with van der Waals surface area (Å²) in [5.41, 5.74) is 0. The summed E-state index contributed by atoms with van der Waals surface area (Å²) in [7, 11) is 0.810. The molecule has 0 aliphatic carbocycles. The molecule has 96 valence electrons. The van der Waals surface area contributed by atoms with Crippen molar-refractivity contribution in [2.45, 2.75) is 11.1 Å². The van der Waals surface area contributed by atoms with E-state index < -0.39 is 32.5 Å². The van der Waals surface area contributed by atoms with Crippen molar-refractivity contribution in [3.63, 3.8) is 0 Å². The van der Waals surface area contributed by atoms with Crippen LogP contribution in [0.1, 0.15) is 0 Å². The van der Waals surface area contributed by atoms with E-state index in [0.29, 0.717) is 0 Å². The Morgan fingerprint density at radius 1 is 1.29 bits per heavy atom. The van der Waals surface area contributed by atoms with Gasteiger partial charge in [-0.1, -0.05) is 11.6 Å². The molecule has 0 bridgehead atoms. The van der Waals surface area contributed by atoms with Crippen LogP contribution in [-0.4, -0.2) is 21.2 Å². The average Bonchev–Trinajstić information content (AvgIpc) is 2.13. The zero-order valence-electron chi connectivity index (χ0n) is 7.96. The summed E-state index contributed by atoms with van der Waals surface area (Å²) in [4.78, 5) is -0.601. The topological polar surface area (TPSA) is 43.4 Å². The Morgan fingerprint density at radius 3 is 2.35 bits per heavy atom. The molecule has 0 spiro atoms. The van der Waals surface area contributed by atoms with Crippen LogP contribution < -0.4 is 4.74 Å². The largest absolute Gasteiger partial charge is 0.483 e. The van der Waals surface area contributed by atoms with Gasteiger partial charge in [0.15, 0.2) is 6.61 Å². The minimum Gasteiger partial charge on any atom is -0.483 e. The highest BCUT2D eigenvalue weighted by atomic mass is 35.7. The second kappa shape index (κ2) is 4.91. The lowest BCUT2D eigenvalue weighted by molar-refractivity contribution is -0.153. The van der Waals surface area contributed by atoms with Gasteiger partial charge in [-0.15, -0.1) is 0 Å². The number of ether oxygens (including phenoxy) is 1. The van der Waals surface area contributed by atoms with Gasteiger partial charge < -0.3 is 4.74 Å². The predicted molar refractivity (Wildman–Crippen MR) is 56.0 cm³/mol. The molecule has 17 heavy (non-hydrogen) atoms. The SMILES string of the molecule is O=S(=O)(Cl)c1cc(Cl)ccc1OCC(F)(F)F. The normalized spacial score (nSPS) is 12.5. The molecule has 0 unspecified atom stereocenters. The van der Waals surface area contributed by atoms with E-state index in [0.717, 1.165) is 12.1 Å². The van der Waals surface area contributed by atoms with E-state index in [1.54, 1.807) is 0 Å². The predicted octanol–water partition coefficient (Wildman–Crippen LogP) is 3.21. The summed E-state index contributed by atoms with van der Waals surface area (Å²) in [6.07, 6.45) is -4.58. The van der Waals surface area contributed by atoms with E-state index in [9.17, 15) is 21.6 Å². The fourth-order valence-electron chi connectivity index (χ4n) is 0.951. The van der Waals surface area contributed by atoms with Crippen molar-refractivity contribution in [3.05, 3.63) is 23.2 Å². The summed E-state index contributed by atoms with van der Waals surface area (Å²) in [5, 5.41) is 0.0172. The van der Waals surface area contributed by atoms with E-state index in [4.69, 9.17) is 22.3 Å². The molecule has 0 aromatic heterocycles. The Kier molecular flexibility index (Phi) is 4.16. The maximum Gasteiger partial charge on any atom is 0.422 e. The number of halogens is 5. The Labute approximate surface area is 105 Å². The Bertz CT molecular complexity index is 513. The lowest BCUT2D eigenvalue weighted by Crippen LogP contribution is -2.19. The van der Waals surface area contributed by atoms with E-state index in [1.165, 1.54) is 6.07 Å². The minimum absolute atomic E-state index is 0.0172. The van der Waals surface area contributed by atoms with Crippen molar-refractivity contribution >= 4 is 31.3 Å². The van der Waals surface area contributed by atoms with E-state index in [-0.39, 0.29) is 5.02 Å². The molecule has 0 aliphatic rings. The maximum absolute atomic E-state index is 11.9. The molecule has 0 saturated carbocycles. The number of rotatable bonds is 3. The van der Waals surface area contributed by atoms with Gasteiger partial charge in [0.2, 0.25) is 0 Å². The summed E-state index contributed by atoms with van der Waals surface area (Å²) < 4.78 is 62.2. The van der Waals surface area contributed by atoms with Crippen LogP contribution in [0, 0.1) is 0 Å². The lowest BCUT2D eigenvalue weighted by Gasteiger charge is -2.11. The summed E-state index contributed by atoms with van der Waals surface area (Å²) >= 11 is 5.51. The first kappa shape index (κ1) is 14.4. The van der Waals surface area contributed by atoms with Crippen molar-refractivity contribution in [3.8, 4) is 5.75 Å². The molecular weight excluding hydrogens is 304 g/mol. The Hall–Kier alpha value is -0.660. The molecule has 0 atom stereocenters. The number of hydrogen-bond donors (Lipinski definition) is 0. The molecule has 9 heteroatoms. The average molecular weight is 309 g/mol. The van der Waals surface area contributed by atoms with Crippen LogP contribution in [0.5, 0.6) is 5.75 Å². The molecule has 0 saturated heterocycles. The van der Waals surface area contributed by atoms with Crippen molar-refractivity contribution in [1.82, 2.24) is 0 Å². The molecule has 1 aromatic rings. The highest BCUT2D eigenvalue weighted by Crippen LogP contribution is 2.31. The highest BCUT2D eigenvalue weighted by molar-refractivity contribution is 8.13. The van der Waals surface area contributed by atoms with Crippen LogP contribution in [0.2, 0.25) is 5.02 Å². The van der Waals surface area contributed by atoms with Crippen molar-refractivity contribution in [2.24, 2.45) is 0 Å². The van der Waals surface area contributed by atoms with Gasteiger partial charge >= 0.3 is 6.18 Å². The van der Waals surface area contributed by atoms with Crippen molar-refractivity contribution in [2.75, 3.05) is 6.61 Å². The third-order valence-electron chi connectivity index (χ3n) is 1.56. The molecule has 0 amide bonds. The first-order chi connectivity index (χ1) is 7.59. The Balaban J connectivity index is 3.08. The molecule has 1 aromatic carbocycles. The van der Waals surface area contributed by atoms with E-state index in [2.05, 4.69) is 4.74 Å². The van der Waals surface area contributed by atoms with Crippen LogP contribution in [0.25, 0.3) is 0 Å². The molecule has 0 fully saturated rings. The van der Waals surface area contributed by atoms with Gasteiger partial charge in [-0.05, 0) is 18.2 Å². The van der Waals surface area contributed by atoms with Gasteiger partial charge in [0.1, 0.15) is 10.6 Å². The molecular formula is C8H5Cl2F3O3S. The second-order valence-corrected chi connectivity index (χ2v) is 5.90. The van der Waals surface area contributed by atoms with Crippen LogP contribution >= 0.6 is 22.3 Å². The fraction of sp³-hybridized carbons (Fsp3) is 0.250. The van der Waals surface area contributed by atoms with Crippen molar-refractivity contribution < 1.29 is 26.3 Å². The zero-order valence-corrected chi connectivity index (χ0v) is 10.3. The summed E-state index contributed by atoms with van der Waals surface area (Å²) in [5.74, 6) is -0.498. The van der Waals surface area contributed by atoms with Gasteiger partial charge in [0.05, 0.1) is 0 Å². The summed E-state index contributed by atoms with van der Waals surface area (Å²) in [6.45, 7) is -1.62. The van der Waals surface area contributed by atoms with Gasteiger partial charge in [0, 0.05) is 15.7 Å². The number of alkyl halides is 3. The summed E-state index contributed by atoms with van der Waals surface area (Å²) in [6, 6.07) is 3.11. The van der Waals surface area contributed by atoms with Crippen molar-refractivity contribution in [1.29, 1.82) is 0 Å². The highest BCUT2D eigenvalue weighted by Gasteiger charge is 2.29. The molecule has 1 rings (SSSR count). The first-order valence-corrected chi connectivity index (χ1v) is 6.72. The minimum atomic E-state index is -4.58. The number of hydrogen-bond acceptors (Lipinski definition) is 3. The van der Waals surface area contributed by atoms with E-state index in [1.807, 2.05) is 0 Å². The monoisotopic (exact) mass is 308 g/mol. The third-order valence-corrected chi connectivity index (χ3v) is 3.14. The van der Waals surface area contributed by atoms with Gasteiger partial charge in [-0.2, -0.15) is 13.2 Å². The van der Waals surface area contributed by atoms with Crippen LogP contribution in [0.3, 0.4) is 0 Å². The van der Waals surface area contributed by atoms with Crippen LogP contribution in [0.15, 0.2) is 23.1 Å². The molecule has 0 radical (unpaired) electrons. The maximum atomic E-state index is 11.9. The standard InChI is InChI=1S/C8H5Cl2F3O3S/c9-5-1-2-6(16-4-8(11,12)13)7(3-5)17(10,14)15/h1-3H,4H2.